The molecule has 0 unspecified atom stereocenters. The van der Waals surface area contributed by atoms with E-state index in [0.717, 1.165) is 18.5 Å². The number of benzene rings is 3. The molecule has 162 valence electrons. The number of likely N-dealkylation sites (tertiary alicyclic amines) is 1. The molecule has 7 heteroatoms. The first-order chi connectivity index (χ1) is 15.5. The average molecular weight is 429 g/mol. The maximum Gasteiger partial charge on any atom is 0.255 e. The van der Waals surface area contributed by atoms with E-state index in [0.29, 0.717) is 41.3 Å². The van der Waals surface area contributed by atoms with Crippen molar-refractivity contribution in [1.29, 1.82) is 0 Å². The van der Waals surface area contributed by atoms with Gasteiger partial charge in [-0.3, -0.25) is 14.4 Å². The lowest BCUT2D eigenvalue weighted by atomic mass is 10.1. The molecule has 0 spiro atoms. The molecule has 0 bridgehead atoms. The van der Waals surface area contributed by atoms with Gasteiger partial charge >= 0.3 is 0 Å². The van der Waals surface area contributed by atoms with Crippen molar-refractivity contribution in [1.82, 2.24) is 4.90 Å². The Morgan fingerprint density at radius 2 is 1.59 bits per heavy atom. The highest BCUT2D eigenvalue weighted by atomic mass is 16.5. The summed E-state index contributed by atoms with van der Waals surface area (Å²) in [6.07, 6.45) is 1.50. The Labute approximate surface area is 185 Å². The van der Waals surface area contributed by atoms with Crippen LogP contribution in [-0.4, -0.2) is 29.2 Å². The first kappa shape index (κ1) is 21.1. The zero-order valence-corrected chi connectivity index (χ0v) is 17.4. The number of nitrogens with two attached hydrogens (primary N) is 1. The maximum absolute atomic E-state index is 12.6. The maximum atomic E-state index is 12.6. The highest BCUT2D eigenvalue weighted by molar-refractivity contribution is 6.04. The minimum Gasteiger partial charge on any atom is -0.457 e. The lowest BCUT2D eigenvalue weighted by molar-refractivity contribution is -0.128. The topological polar surface area (TPSA) is 102 Å². The molecule has 3 amide bonds. The van der Waals surface area contributed by atoms with Gasteiger partial charge in [-0.1, -0.05) is 12.1 Å². The minimum atomic E-state index is -0.498. The summed E-state index contributed by atoms with van der Waals surface area (Å²) in [6.45, 7) is 1.33. The van der Waals surface area contributed by atoms with Crippen molar-refractivity contribution in [2.75, 3.05) is 11.9 Å². The average Bonchev–Trinajstić information content (AvgIpc) is 3.19. The zero-order valence-electron chi connectivity index (χ0n) is 17.4. The van der Waals surface area contributed by atoms with Crippen LogP contribution in [0.5, 0.6) is 11.5 Å². The van der Waals surface area contributed by atoms with Gasteiger partial charge in [0.25, 0.3) is 5.91 Å². The lowest BCUT2D eigenvalue weighted by Crippen LogP contribution is -2.23. The molecule has 1 aliphatic heterocycles. The molecule has 0 aliphatic carbocycles. The monoisotopic (exact) mass is 429 g/mol. The Morgan fingerprint density at radius 3 is 2.19 bits per heavy atom. The number of anilines is 1. The predicted octanol–water partition coefficient (Wildman–Crippen LogP) is 3.95. The van der Waals surface area contributed by atoms with E-state index in [1.807, 2.05) is 29.2 Å². The standard InChI is InChI=1S/C25H23N3O4/c26-24(30)18-6-10-21(11-7-18)32-22-12-8-19(9-13-22)25(31)27-20-4-1-3-17(15-20)16-28-14-2-5-23(28)29/h1,3-4,6-13,15H,2,5,14,16H2,(H2,26,30)(H,27,31). The van der Waals surface area contributed by atoms with Crippen molar-refractivity contribution in [2.24, 2.45) is 5.73 Å². The molecule has 3 aromatic rings. The van der Waals surface area contributed by atoms with E-state index in [9.17, 15) is 14.4 Å². The quantitative estimate of drug-likeness (QED) is 0.594. The molecular weight excluding hydrogens is 406 g/mol. The van der Waals surface area contributed by atoms with Gasteiger partial charge in [0, 0.05) is 36.3 Å². The SMILES string of the molecule is NC(=O)c1ccc(Oc2ccc(C(=O)Nc3cccc(CN4CCCC4=O)c3)cc2)cc1. The van der Waals surface area contributed by atoms with Crippen LogP contribution in [0.2, 0.25) is 0 Å². The fraction of sp³-hybridized carbons (Fsp3) is 0.160. The summed E-state index contributed by atoms with van der Waals surface area (Å²) in [4.78, 5) is 37.4. The summed E-state index contributed by atoms with van der Waals surface area (Å²) in [6, 6.07) is 20.8. The van der Waals surface area contributed by atoms with E-state index in [4.69, 9.17) is 10.5 Å². The van der Waals surface area contributed by atoms with Crippen molar-refractivity contribution >= 4 is 23.4 Å². The zero-order chi connectivity index (χ0) is 22.5. The van der Waals surface area contributed by atoms with Crippen LogP contribution in [0, 0.1) is 0 Å². The van der Waals surface area contributed by atoms with E-state index in [1.165, 1.54) is 0 Å². The van der Waals surface area contributed by atoms with Gasteiger partial charge in [0.1, 0.15) is 11.5 Å². The van der Waals surface area contributed by atoms with Crippen molar-refractivity contribution in [2.45, 2.75) is 19.4 Å². The van der Waals surface area contributed by atoms with Crippen LogP contribution in [-0.2, 0) is 11.3 Å². The number of hydrogen-bond donors (Lipinski definition) is 2. The molecule has 0 aromatic heterocycles. The lowest BCUT2D eigenvalue weighted by Gasteiger charge is -2.16. The third-order valence-corrected chi connectivity index (χ3v) is 5.22. The van der Waals surface area contributed by atoms with Crippen LogP contribution in [0.15, 0.2) is 72.8 Å². The second-order valence-corrected chi connectivity index (χ2v) is 7.59. The third-order valence-electron chi connectivity index (χ3n) is 5.22. The second kappa shape index (κ2) is 9.34. The Morgan fingerprint density at radius 1 is 0.938 bits per heavy atom. The number of amides is 3. The van der Waals surface area contributed by atoms with Gasteiger partial charge in [0.15, 0.2) is 0 Å². The molecule has 0 saturated carbocycles. The highest BCUT2D eigenvalue weighted by Gasteiger charge is 2.20. The first-order valence-electron chi connectivity index (χ1n) is 10.3. The third kappa shape index (κ3) is 5.13. The van der Waals surface area contributed by atoms with E-state index >= 15 is 0 Å². The molecule has 4 rings (SSSR count). The van der Waals surface area contributed by atoms with Crippen molar-refractivity contribution in [3.8, 4) is 11.5 Å². The summed E-state index contributed by atoms with van der Waals surface area (Å²) in [5.41, 5.74) is 7.78. The molecule has 1 saturated heterocycles. The molecule has 1 fully saturated rings. The molecule has 3 N–H and O–H groups in total. The van der Waals surface area contributed by atoms with Gasteiger partial charge in [-0.25, -0.2) is 0 Å². The first-order valence-corrected chi connectivity index (χ1v) is 10.3. The summed E-state index contributed by atoms with van der Waals surface area (Å²) < 4.78 is 5.74. The number of nitrogens with one attached hydrogen (secondary N) is 1. The van der Waals surface area contributed by atoms with Crippen LogP contribution in [0.25, 0.3) is 0 Å². The van der Waals surface area contributed by atoms with Crippen molar-refractivity contribution in [3.05, 3.63) is 89.5 Å². The summed E-state index contributed by atoms with van der Waals surface area (Å²) in [5.74, 6) is 0.551. The second-order valence-electron chi connectivity index (χ2n) is 7.59. The summed E-state index contributed by atoms with van der Waals surface area (Å²) >= 11 is 0. The van der Waals surface area contributed by atoms with Crippen molar-refractivity contribution in [3.63, 3.8) is 0 Å². The number of rotatable bonds is 7. The van der Waals surface area contributed by atoms with Gasteiger partial charge in [-0.05, 0) is 72.6 Å². The Bertz CT molecular complexity index is 1140. The predicted molar refractivity (Wildman–Crippen MR) is 121 cm³/mol. The number of carbonyl (C=O) groups is 3. The van der Waals surface area contributed by atoms with Crippen LogP contribution in [0.1, 0.15) is 39.1 Å². The van der Waals surface area contributed by atoms with Crippen LogP contribution >= 0.6 is 0 Å². The number of nitrogens with zero attached hydrogens (tertiary/aromatic N) is 1. The van der Waals surface area contributed by atoms with Gasteiger partial charge in [0.05, 0.1) is 0 Å². The molecule has 0 atom stereocenters. The molecule has 0 radical (unpaired) electrons. The Hall–Kier alpha value is -4.13. The smallest absolute Gasteiger partial charge is 0.255 e. The number of ether oxygens (including phenoxy) is 1. The van der Waals surface area contributed by atoms with Crippen LogP contribution in [0.4, 0.5) is 5.69 Å². The normalized spacial score (nSPS) is 13.1. The van der Waals surface area contributed by atoms with Gasteiger partial charge < -0.3 is 20.7 Å². The molecule has 7 nitrogen and oxygen atoms in total. The van der Waals surface area contributed by atoms with E-state index in [-0.39, 0.29) is 11.8 Å². The molecule has 1 heterocycles. The molecule has 32 heavy (non-hydrogen) atoms. The van der Waals surface area contributed by atoms with E-state index < -0.39 is 5.91 Å². The van der Waals surface area contributed by atoms with Crippen LogP contribution < -0.4 is 15.8 Å². The van der Waals surface area contributed by atoms with Gasteiger partial charge in [-0.15, -0.1) is 0 Å². The summed E-state index contributed by atoms with van der Waals surface area (Å²) in [7, 11) is 0. The number of primary amides is 1. The van der Waals surface area contributed by atoms with E-state index in [1.54, 1.807) is 48.5 Å². The van der Waals surface area contributed by atoms with Crippen LogP contribution in [0.3, 0.4) is 0 Å². The molecule has 3 aromatic carbocycles. The number of hydrogen-bond acceptors (Lipinski definition) is 4. The fourth-order valence-corrected chi connectivity index (χ4v) is 3.54. The minimum absolute atomic E-state index is 0.172. The van der Waals surface area contributed by atoms with Gasteiger partial charge in [0.2, 0.25) is 11.8 Å². The molecule has 1 aliphatic rings. The van der Waals surface area contributed by atoms with E-state index in [2.05, 4.69) is 5.32 Å². The Kier molecular flexibility index (Phi) is 6.17. The fourth-order valence-electron chi connectivity index (χ4n) is 3.54. The summed E-state index contributed by atoms with van der Waals surface area (Å²) in [5, 5.41) is 2.89. The highest BCUT2D eigenvalue weighted by Crippen LogP contribution is 2.23. The molecular formula is C25H23N3O4. The Balaban J connectivity index is 1.37. The van der Waals surface area contributed by atoms with Crippen molar-refractivity contribution < 1.29 is 19.1 Å². The van der Waals surface area contributed by atoms with Gasteiger partial charge in [-0.2, -0.15) is 0 Å². The largest absolute Gasteiger partial charge is 0.457 e. The number of carbonyl (C=O) groups excluding carboxylic acids is 3.